The molecule has 232 valence electrons. The minimum Gasteiger partial charge on any atom is -0.460 e. The van der Waals surface area contributed by atoms with E-state index >= 15 is 0 Å². The Morgan fingerprint density at radius 1 is 0.822 bits per heavy atom. The molecule has 45 heavy (non-hydrogen) atoms. The van der Waals surface area contributed by atoms with E-state index in [0.29, 0.717) is 5.69 Å². The molecular formula is C30H28N6O9. The van der Waals surface area contributed by atoms with E-state index in [1.54, 1.807) is 48.5 Å². The molecule has 0 unspecified atom stereocenters. The van der Waals surface area contributed by atoms with Gasteiger partial charge in [0.15, 0.2) is 0 Å². The lowest BCUT2D eigenvalue weighted by atomic mass is 10.1. The first kappa shape index (κ1) is 32.0. The molecule has 3 aromatic carbocycles. The second-order valence-corrected chi connectivity index (χ2v) is 9.61. The molecule has 0 bridgehead atoms. The van der Waals surface area contributed by atoms with Crippen molar-refractivity contribution in [3.8, 4) is 5.69 Å². The molecule has 1 atom stereocenters. The lowest BCUT2D eigenvalue weighted by Crippen LogP contribution is -2.48. The lowest BCUT2D eigenvalue weighted by molar-refractivity contribution is -0.394. The van der Waals surface area contributed by atoms with Crippen molar-refractivity contribution in [2.24, 2.45) is 0 Å². The van der Waals surface area contributed by atoms with Crippen molar-refractivity contribution in [1.82, 2.24) is 20.2 Å². The van der Waals surface area contributed by atoms with Crippen LogP contribution in [0, 0.1) is 20.2 Å². The third-order valence-electron chi connectivity index (χ3n) is 6.40. The van der Waals surface area contributed by atoms with E-state index in [2.05, 4.69) is 15.6 Å². The molecule has 1 aromatic heterocycles. The van der Waals surface area contributed by atoms with Crippen molar-refractivity contribution in [3.05, 3.63) is 128 Å². The Bertz CT molecular complexity index is 1660. The molecule has 0 radical (unpaired) electrons. The summed E-state index contributed by atoms with van der Waals surface area (Å²) in [5, 5.41) is 28.0. The van der Waals surface area contributed by atoms with Gasteiger partial charge in [-0.25, -0.2) is 4.98 Å². The second-order valence-electron chi connectivity index (χ2n) is 9.61. The number of amides is 1. The number of nitrogens with zero attached hydrogens (tertiary/aromatic N) is 4. The highest BCUT2D eigenvalue weighted by atomic mass is 16.6. The van der Waals surface area contributed by atoms with Gasteiger partial charge in [-0.3, -0.25) is 44.5 Å². The van der Waals surface area contributed by atoms with Crippen LogP contribution in [-0.2, 0) is 43.5 Å². The van der Waals surface area contributed by atoms with Gasteiger partial charge in [-0.2, -0.15) is 0 Å². The zero-order valence-electron chi connectivity index (χ0n) is 23.7. The van der Waals surface area contributed by atoms with Gasteiger partial charge in [-0.05, 0) is 17.2 Å². The van der Waals surface area contributed by atoms with Crippen molar-refractivity contribution in [1.29, 1.82) is 0 Å². The van der Waals surface area contributed by atoms with Gasteiger partial charge in [0.2, 0.25) is 5.91 Å². The molecule has 1 heterocycles. The standard InChI is InChI=1S/C30H28N6O9/c37-28(44-18-21-7-3-1-4-8-21)15-31-25(30(39)32-16-29(38)45-19-22-9-5-2-6-10-22)13-23-17-34(20-33-23)26-12-11-24(35(40)41)14-27(26)36(42)43/h1-12,14,17,20,25,31H,13,15-16,18-19H2,(H,32,39)/t25-/m0/s1. The van der Waals surface area contributed by atoms with Crippen LogP contribution in [0.2, 0.25) is 0 Å². The largest absolute Gasteiger partial charge is 0.460 e. The predicted molar refractivity (Wildman–Crippen MR) is 158 cm³/mol. The minimum absolute atomic E-state index is 0.0176. The van der Waals surface area contributed by atoms with Crippen molar-refractivity contribution >= 4 is 29.2 Å². The molecule has 0 saturated carbocycles. The number of non-ortho nitro benzene ring substituents is 1. The summed E-state index contributed by atoms with van der Waals surface area (Å²) >= 11 is 0. The quantitative estimate of drug-likeness (QED) is 0.113. The Kier molecular flexibility index (Phi) is 11.0. The molecule has 15 heteroatoms. The molecule has 15 nitrogen and oxygen atoms in total. The maximum absolute atomic E-state index is 13.1. The second kappa shape index (κ2) is 15.5. The number of carbonyl (C=O) groups excluding carboxylic acids is 3. The van der Waals surface area contributed by atoms with Crippen molar-refractivity contribution in [3.63, 3.8) is 0 Å². The Morgan fingerprint density at radius 3 is 2.00 bits per heavy atom. The number of benzene rings is 3. The monoisotopic (exact) mass is 616 g/mol. The number of rotatable bonds is 15. The molecule has 0 aliphatic carbocycles. The lowest BCUT2D eigenvalue weighted by Gasteiger charge is -2.17. The summed E-state index contributed by atoms with van der Waals surface area (Å²) < 4.78 is 11.8. The molecule has 4 aromatic rings. The molecular weight excluding hydrogens is 588 g/mol. The van der Waals surface area contributed by atoms with Gasteiger partial charge in [0.05, 0.1) is 40.5 Å². The van der Waals surface area contributed by atoms with Crippen LogP contribution in [0.1, 0.15) is 16.8 Å². The molecule has 0 saturated heterocycles. The third kappa shape index (κ3) is 9.52. The molecule has 0 aliphatic rings. The van der Waals surface area contributed by atoms with Gasteiger partial charge in [-0.15, -0.1) is 0 Å². The fraction of sp³-hybridized carbons (Fsp3) is 0.200. The summed E-state index contributed by atoms with van der Waals surface area (Å²) in [5.41, 5.74) is 0.891. The highest BCUT2D eigenvalue weighted by molar-refractivity contribution is 5.86. The maximum Gasteiger partial charge on any atom is 0.325 e. The number of carbonyl (C=O) groups is 3. The topological polar surface area (TPSA) is 198 Å². The number of ether oxygens (including phenoxy) is 2. The van der Waals surface area contributed by atoms with Crippen LogP contribution >= 0.6 is 0 Å². The summed E-state index contributed by atoms with van der Waals surface area (Å²) in [7, 11) is 0. The SMILES string of the molecule is O=C(CNC(=O)[C@H](Cc1cn(-c2ccc([N+](=O)[O-])cc2[N+](=O)[O-])cn1)NCC(=O)OCc1ccccc1)OCc1ccccc1. The minimum atomic E-state index is -1.08. The Morgan fingerprint density at radius 2 is 1.42 bits per heavy atom. The first-order valence-electron chi connectivity index (χ1n) is 13.6. The van der Waals surface area contributed by atoms with E-state index in [0.717, 1.165) is 23.3 Å². The van der Waals surface area contributed by atoms with E-state index in [1.165, 1.54) is 23.2 Å². The number of hydrogen-bond donors (Lipinski definition) is 2. The molecule has 1 amide bonds. The zero-order chi connectivity index (χ0) is 32.2. The average molecular weight is 617 g/mol. The Hall–Kier alpha value is -5.96. The first-order valence-corrected chi connectivity index (χ1v) is 13.6. The number of nitro benzene ring substituents is 2. The molecule has 4 rings (SSSR count). The van der Waals surface area contributed by atoms with Gasteiger partial charge in [0.25, 0.3) is 11.4 Å². The normalized spacial score (nSPS) is 11.3. The van der Waals surface area contributed by atoms with Crippen LogP contribution in [0.5, 0.6) is 0 Å². The summed E-state index contributed by atoms with van der Waals surface area (Å²) in [6.45, 7) is -0.732. The van der Waals surface area contributed by atoms with E-state index in [1.807, 2.05) is 12.1 Å². The van der Waals surface area contributed by atoms with E-state index in [4.69, 9.17) is 9.47 Å². The summed E-state index contributed by atoms with van der Waals surface area (Å²) in [5.74, 6) is -1.95. The molecule has 0 spiro atoms. The summed E-state index contributed by atoms with van der Waals surface area (Å²) in [4.78, 5) is 63.2. The number of imidazole rings is 1. The van der Waals surface area contributed by atoms with Gasteiger partial charge in [0.1, 0.15) is 25.4 Å². The van der Waals surface area contributed by atoms with Gasteiger partial charge in [-0.1, -0.05) is 60.7 Å². The van der Waals surface area contributed by atoms with Crippen LogP contribution < -0.4 is 10.6 Å². The van der Waals surface area contributed by atoms with Gasteiger partial charge >= 0.3 is 11.9 Å². The van der Waals surface area contributed by atoms with Crippen LogP contribution in [-0.4, -0.2) is 56.4 Å². The van der Waals surface area contributed by atoms with Crippen LogP contribution in [0.25, 0.3) is 5.69 Å². The van der Waals surface area contributed by atoms with E-state index in [-0.39, 0.29) is 31.9 Å². The van der Waals surface area contributed by atoms with Gasteiger partial charge in [0, 0.05) is 18.7 Å². The zero-order valence-corrected chi connectivity index (χ0v) is 23.7. The van der Waals surface area contributed by atoms with Crippen LogP contribution in [0.4, 0.5) is 11.4 Å². The van der Waals surface area contributed by atoms with Crippen molar-refractivity contribution < 1.29 is 33.7 Å². The number of esters is 2. The molecule has 0 fully saturated rings. The molecule has 2 N–H and O–H groups in total. The average Bonchev–Trinajstić information content (AvgIpc) is 3.52. The van der Waals surface area contributed by atoms with E-state index < -0.39 is 51.7 Å². The first-order chi connectivity index (χ1) is 21.7. The fourth-order valence-electron chi connectivity index (χ4n) is 4.12. The molecule has 0 aliphatic heterocycles. The predicted octanol–water partition coefficient (Wildman–Crippen LogP) is 2.79. The fourth-order valence-corrected chi connectivity index (χ4v) is 4.12. The Balaban J connectivity index is 1.43. The number of nitro groups is 2. The van der Waals surface area contributed by atoms with Crippen molar-refractivity contribution in [2.45, 2.75) is 25.7 Å². The summed E-state index contributed by atoms with van der Waals surface area (Å²) in [6, 6.07) is 20.1. The van der Waals surface area contributed by atoms with E-state index in [9.17, 15) is 34.6 Å². The highest BCUT2D eigenvalue weighted by Gasteiger charge is 2.24. The number of hydrogen-bond acceptors (Lipinski definition) is 11. The summed E-state index contributed by atoms with van der Waals surface area (Å²) in [6.07, 6.45) is 2.58. The highest BCUT2D eigenvalue weighted by Crippen LogP contribution is 2.28. The van der Waals surface area contributed by atoms with Gasteiger partial charge < -0.3 is 14.8 Å². The number of aromatic nitrogens is 2. The van der Waals surface area contributed by atoms with Crippen molar-refractivity contribution in [2.75, 3.05) is 13.1 Å². The van der Waals surface area contributed by atoms with Crippen LogP contribution in [0.3, 0.4) is 0 Å². The van der Waals surface area contributed by atoms with Crippen LogP contribution in [0.15, 0.2) is 91.4 Å². The Labute approximate surface area is 256 Å². The third-order valence-corrected chi connectivity index (χ3v) is 6.40. The smallest absolute Gasteiger partial charge is 0.325 e. The maximum atomic E-state index is 13.1. The number of nitrogens with one attached hydrogen (secondary N) is 2.